The van der Waals surface area contributed by atoms with Crippen LogP contribution in [-0.4, -0.2) is 11.7 Å². The molecule has 2 rings (SSSR count). The van der Waals surface area contributed by atoms with E-state index < -0.39 is 11.7 Å². The second-order valence-electron chi connectivity index (χ2n) is 3.87. The van der Waals surface area contributed by atoms with E-state index in [1.807, 2.05) is 0 Å². The summed E-state index contributed by atoms with van der Waals surface area (Å²) in [5, 5.41) is 8.85. The van der Waals surface area contributed by atoms with Gasteiger partial charge < -0.3 is 5.11 Å². The molecule has 1 aliphatic rings. The molecule has 1 saturated carbocycles. The lowest BCUT2D eigenvalue weighted by Crippen LogP contribution is -2.08. The van der Waals surface area contributed by atoms with Crippen LogP contribution in [0.1, 0.15) is 23.5 Å². The van der Waals surface area contributed by atoms with Gasteiger partial charge in [-0.05, 0) is 29.9 Å². The number of rotatable bonds is 2. The summed E-state index contributed by atoms with van der Waals surface area (Å²) in [7, 11) is 0. The monoisotopic (exact) mass is 216 g/mol. The van der Waals surface area contributed by atoms with Gasteiger partial charge in [-0.25, -0.2) is 0 Å². The maximum absolute atomic E-state index is 12.6. The van der Waals surface area contributed by atoms with Crippen LogP contribution in [0.5, 0.6) is 0 Å². The Kier molecular flexibility index (Phi) is 2.46. The molecule has 15 heavy (non-hydrogen) atoms. The molecule has 0 unspecified atom stereocenters. The minimum atomic E-state index is -4.29. The summed E-state index contributed by atoms with van der Waals surface area (Å²) >= 11 is 0. The van der Waals surface area contributed by atoms with Crippen LogP contribution in [-0.2, 0) is 6.18 Å². The predicted octanol–water partition coefficient (Wildman–Crippen LogP) is 2.80. The van der Waals surface area contributed by atoms with Crippen molar-refractivity contribution in [1.82, 2.24) is 0 Å². The summed E-state index contributed by atoms with van der Waals surface area (Å²) < 4.78 is 37.8. The van der Waals surface area contributed by atoms with Crippen molar-refractivity contribution >= 4 is 0 Å². The minimum Gasteiger partial charge on any atom is -0.396 e. The van der Waals surface area contributed by atoms with E-state index >= 15 is 0 Å². The van der Waals surface area contributed by atoms with Gasteiger partial charge in [-0.1, -0.05) is 18.2 Å². The van der Waals surface area contributed by atoms with E-state index in [1.165, 1.54) is 12.1 Å². The molecule has 0 aromatic heterocycles. The summed E-state index contributed by atoms with van der Waals surface area (Å²) in [5.74, 6) is -0.110. The third-order valence-corrected chi connectivity index (χ3v) is 2.82. The van der Waals surface area contributed by atoms with Gasteiger partial charge in [0.25, 0.3) is 0 Å². The Labute approximate surface area is 85.5 Å². The number of alkyl halides is 3. The summed E-state index contributed by atoms with van der Waals surface area (Å²) in [6, 6.07) is 5.60. The van der Waals surface area contributed by atoms with Crippen molar-refractivity contribution < 1.29 is 18.3 Å². The quantitative estimate of drug-likeness (QED) is 0.805. The van der Waals surface area contributed by atoms with E-state index in [9.17, 15) is 13.2 Å². The number of benzene rings is 1. The molecule has 1 aromatic carbocycles. The summed E-state index contributed by atoms with van der Waals surface area (Å²) in [6.45, 7) is -0.0309. The van der Waals surface area contributed by atoms with E-state index in [2.05, 4.69) is 0 Å². The van der Waals surface area contributed by atoms with Crippen molar-refractivity contribution in [1.29, 1.82) is 0 Å². The van der Waals surface area contributed by atoms with Crippen LogP contribution in [0.15, 0.2) is 24.3 Å². The first-order valence-electron chi connectivity index (χ1n) is 4.81. The zero-order valence-electron chi connectivity index (χ0n) is 7.96. The Morgan fingerprint density at radius 3 is 2.47 bits per heavy atom. The Hall–Kier alpha value is -1.03. The van der Waals surface area contributed by atoms with Crippen LogP contribution in [0.3, 0.4) is 0 Å². The maximum Gasteiger partial charge on any atom is 0.416 e. The minimum absolute atomic E-state index is 0.00787. The molecule has 4 heteroatoms. The second kappa shape index (κ2) is 3.52. The summed E-state index contributed by atoms with van der Waals surface area (Å²) in [5.41, 5.74) is -0.241. The number of aliphatic hydroxyl groups excluding tert-OH is 1. The molecule has 2 atom stereocenters. The Balaban J connectivity index is 2.32. The summed E-state index contributed by atoms with van der Waals surface area (Å²) in [6.07, 6.45) is -3.64. The molecule has 0 heterocycles. The van der Waals surface area contributed by atoms with Gasteiger partial charge in [-0.3, -0.25) is 0 Å². The van der Waals surface area contributed by atoms with Crippen molar-refractivity contribution in [3.63, 3.8) is 0 Å². The van der Waals surface area contributed by atoms with Gasteiger partial charge in [0.2, 0.25) is 0 Å². The average Bonchev–Trinajstić information content (AvgIpc) is 2.95. The highest BCUT2D eigenvalue weighted by Crippen LogP contribution is 2.50. The smallest absolute Gasteiger partial charge is 0.396 e. The van der Waals surface area contributed by atoms with Gasteiger partial charge in [0.15, 0.2) is 0 Å². The normalized spacial score (nSPS) is 25.3. The molecule has 1 N–H and O–H groups in total. The predicted molar refractivity (Wildman–Crippen MR) is 49.4 cm³/mol. The van der Waals surface area contributed by atoms with Crippen LogP contribution in [0.25, 0.3) is 0 Å². The lowest BCUT2D eigenvalue weighted by molar-refractivity contribution is -0.138. The summed E-state index contributed by atoms with van der Waals surface area (Å²) in [4.78, 5) is 0. The van der Waals surface area contributed by atoms with E-state index in [0.717, 1.165) is 6.07 Å². The fourth-order valence-corrected chi connectivity index (χ4v) is 1.91. The topological polar surface area (TPSA) is 20.2 Å². The fourth-order valence-electron chi connectivity index (χ4n) is 1.91. The number of hydrogen-bond donors (Lipinski definition) is 1. The third-order valence-electron chi connectivity index (χ3n) is 2.82. The zero-order valence-corrected chi connectivity index (χ0v) is 7.96. The Bertz CT molecular complexity index is 359. The SMILES string of the molecule is OC[C@H]1C[C@@H]1c1ccccc1C(F)(F)F. The maximum atomic E-state index is 12.6. The number of aliphatic hydroxyl groups is 1. The van der Waals surface area contributed by atoms with Crippen molar-refractivity contribution in [3.05, 3.63) is 35.4 Å². The van der Waals surface area contributed by atoms with Crippen molar-refractivity contribution in [2.24, 2.45) is 5.92 Å². The van der Waals surface area contributed by atoms with Gasteiger partial charge >= 0.3 is 6.18 Å². The Morgan fingerprint density at radius 1 is 1.27 bits per heavy atom. The lowest BCUT2D eigenvalue weighted by atomic mass is 10.0. The largest absolute Gasteiger partial charge is 0.416 e. The van der Waals surface area contributed by atoms with E-state index in [4.69, 9.17) is 5.11 Å². The van der Waals surface area contributed by atoms with Crippen molar-refractivity contribution in [2.45, 2.75) is 18.5 Å². The number of halogens is 3. The highest BCUT2D eigenvalue weighted by molar-refractivity contribution is 5.36. The molecule has 0 bridgehead atoms. The third kappa shape index (κ3) is 2.00. The van der Waals surface area contributed by atoms with Gasteiger partial charge in [-0.15, -0.1) is 0 Å². The molecule has 82 valence electrons. The van der Waals surface area contributed by atoms with Gasteiger partial charge in [0.1, 0.15) is 0 Å². The average molecular weight is 216 g/mol. The van der Waals surface area contributed by atoms with Crippen LogP contribution >= 0.6 is 0 Å². The molecule has 1 fully saturated rings. The first-order chi connectivity index (χ1) is 7.04. The van der Waals surface area contributed by atoms with E-state index in [-0.39, 0.29) is 18.4 Å². The fraction of sp³-hybridized carbons (Fsp3) is 0.455. The van der Waals surface area contributed by atoms with Gasteiger partial charge in [0, 0.05) is 6.61 Å². The first-order valence-corrected chi connectivity index (χ1v) is 4.81. The highest BCUT2D eigenvalue weighted by atomic mass is 19.4. The first kappa shape index (κ1) is 10.5. The molecule has 0 saturated heterocycles. The molecule has 1 nitrogen and oxygen atoms in total. The second-order valence-corrected chi connectivity index (χ2v) is 3.87. The van der Waals surface area contributed by atoms with Crippen LogP contribution in [0, 0.1) is 5.92 Å². The number of hydrogen-bond acceptors (Lipinski definition) is 1. The highest BCUT2D eigenvalue weighted by Gasteiger charge is 2.43. The van der Waals surface area contributed by atoms with Gasteiger partial charge in [-0.2, -0.15) is 13.2 Å². The van der Waals surface area contributed by atoms with E-state index in [0.29, 0.717) is 12.0 Å². The molecule has 0 spiro atoms. The standard InChI is InChI=1S/C11H11F3O/c12-11(13,14)10-4-2-1-3-8(10)9-5-7(9)6-15/h1-4,7,9,15H,5-6H2/t7-,9+/m1/s1. The molecule has 0 aliphatic heterocycles. The van der Waals surface area contributed by atoms with Gasteiger partial charge in [0.05, 0.1) is 5.56 Å². The van der Waals surface area contributed by atoms with Crippen molar-refractivity contribution in [2.75, 3.05) is 6.61 Å². The van der Waals surface area contributed by atoms with Crippen LogP contribution < -0.4 is 0 Å². The van der Waals surface area contributed by atoms with Crippen LogP contribution in [0.2, 0.25) is 0 Å². The molecule has 0 radical (unpaired) electrons. The van der Waals surface area contributed by atoms with Crippen LogP contribution in [0.4, 0.5) is 13.2 Å². The van der Waals surface area contributed by atoms with E-state index in [1.54, 1.807) is 6.07 Å². The lowest BCUT2D eigenvalue weighted by Gasteiger charge is -2.12. The van der Waals surface area contributed by atoms with Crippen molar-refractivity contribution in [3.8, 4) is 0 Å². The molecule has 1 aliphatic carbocycles. The Morgan fingerprint density at radius 2 is 1.93 bits per heavy atom. The molecule has 1 aromatic rings. The molecular weight excluding hydrogens is 205 g/mol. The molecular formula is C11H11F3O. The zero-order chi connectivity index (χ0) is 11.1. The molecule has 0 amide bonds.